The second kappa shape index (κ2) is 5.98. The summed E-state index contributed by atoms with van der Waals surface area (Å²) in [5.41, 5.74) is 0. The molecule has 0 atom stereocenters. The summed E-state index contributed by atoms with van der Waals surface area (Å²) in [6.45, 7) is -0.242. The van der Waals surface area contributed by atoms with Crippen LogP contribution >= 0.6 is 11.8 Å². The van der Waals surface area contributed by atoms with Gasteiger partial charge < -0.3 is 5.11 Å². The van der Waals surface area contributed by atoms with Gasteiger partial charge in [0.05, 0.1) is 6.07 Å². The van der Waals surface area contributed by atoms with Crippen molar-refractivity contribution < 1.29 is 9.90 Å². The van der Waals surface area contributed by atoms with E-state index in [0.29, 0.717) is 17.3 Å². The molecule has 0 saturated carbocycles. The number of carboxylic acid groups (broad SMARTS) is 1. The van der Waals surface area contributed by atoms with Crippen LogP contribution in [0.1, 0.15) is 12.8 Å². The number of tetrazole rings is 1. The van der Waals surface area contributed by atoms with Gasteiger partial charge in [-0.3, -0.25) is 4.79 Å². The van der Waals surface area contributed by atoms with Crippen LogP contribution in [-0.2, 0) is 11.3 Å². The number of hydrogen-bond donors (Lipinski definition) is 1. The molecule has 1 rings (SSSR count). The molecule has 80 valence electrons. The Hall–Kier alpha value is -1.62. The van der Waals surface area contributed by atoms with E-state index >= 15 is 0 Å². The second-order valence-electron chi connectivity index (χ2n) is 2.62. The van der Waals surface area contributed by atoms with Gasteiger partial charge in [0.1, 0.15) is 6.54 Å². The average Bonchev–Trinajstić information content (AvgIpc) is 2.59. The molecule has 1 N–H and O–H groups in total. The lowest BCUT2D eigenvalue weighted by Crippen LogP contribution is -2.11. The van der Waals surface area contributed by atoms with Crippen molar-refractivity contribution in [2.75, 3.05) is 5.75 Å². The van der Waals surface area contributed by atoms with E-state index in [1.165, 1.54) is 16.4 Å². The molecule has 0 aromatic carbocycles. The molecule has 0 spiro atoms. The molecule has 15 heavy (non-hydrogen) atoms. The van der Waals surface area contributed by atoms with Gasteiger partial charge in [-0.15, -0.1) is 5.10 Å². The van der Waals surface area contributed by atoms with Gasteiger partial charge in [0.2, 0.25) is 5.16 Å². The normalized spacial score (nSPS) is 9.80. The number of carboxylic acids is 1. The molecule has 0 saturated heterocycles. The lowest BCUT2D eigenvalue weighted by Gasteiger charge is -1.99. The number of rotatable bonds is 6. The van der Waals surface area contributed by atoms with Crippen LogP contribution in [0.15, 0.2) is 5.16 Å². The zero-order valence-corrected chi connectivity index (χ0v) is 8.64. The van der Waals surface area contributed by atoms with Crippen LogP contribution in [0.5, 0.6) is 0 Å². The first-order chi connectivity index (χ1) is 7.24. The number of unbranched alkanes of at least 4 members (excludes halogenated alkanes) is 1. The maximum absolute atomic E-state index is 10.4. The molecule has 0 aliphatic heterocycles. The van der Waals surface area contributed by atoms with Crippen molar-refractivity contribution in [3.8, 4) is 6.07 Å². The van der Waals surface area contributed by atoms with Crippen LogP contribution in [0.2, 0.25) is 0 Å². The molecule has 0 bridgehead atoms. The van der Waals surface area contributed by atoms with E-state index in [4.69, 9.17) is 10.4 Å². The van der Waals surface area contributed by atoms with Crippen LogP contribution in [0, 0.1) is 11.3 Å². The summed E-state index contributed by atoms with van der Waals surface area (Å²) in [5.74, 6) is -0.283. The highest BCUT2D eigenvalue weighted by Gasteiger charge is 2.09. The molecular formula is C7H9N5O2S. The minimum atomic E-state index is -0.985. The Balaban J connectivity index is 2.43. The summed E-state index contributed by atoms with van der Waals surface area (Å²) in [4.78, 5) is 10.4. The number of nitrogens with zero attached hydrogens (tertiary/aromatic N) is 5. The predicted octanol–water partition coefficient (Wildman–Crippen LogP) is 0.154. The average molecular weight is 227 g/mol. The van der Waals surface area contributed by atoms with Gasteiger partial charge in [-0.2, -0.15) is 5.26 Å². The van der Waals surface area contributed by atoms with Crippen molar-refractivity contribution in [3.05, 3.63) is 0 Å². The van der Waals surface area contributed by atoms with Gasteiger partial charge in [-0.05, 0) is 16.8 Å². The fraction of sp³-hybridized carbons (Fsp3) is 0.571. The van der Waals surface area contributed by atoms with Gasteiger partial charge in [0, 0.05) is 12.2 Å². The third-order valence-electron chi connectivity index (χ3n) is 1.45. The molecule has 7 nitrogen and oxygen atoms in total. The van der Waals surface area contributed by atoms with Gasteiger partial charge >= 0.3 is 5.97 Å². The molecule has 8 heteroatoms. The molecule has 0 fully saturated rings. The van der Waals surface area contributed by atoms with E-state index in [1.54, 1.807) is 0 Å². The summed E-state index contributed by atoms with van der Waals surface area (Å²) >= 11 is 1.35. The molecule has 0 unspecified atom stereocenters. The number of carbonyl (C=O) groups is 1. The maximum atomic E-state index is 10.4. The van der Waals surface area contributed by atoms with Crippen LogP contribution in [0.25, 0.3) is 0 Å². The standard InChI is InChI=1S/C7H9N5O2S/c8-3-1-2-4-15-7-9-10-11-12(7)5-6(13)14/h1-2,4-5H2,(H,13,14). The van der Waals surface area contributed by atoms with E-state index < -0.39 is 5.97 Å². The molecule has 0 amide bonds. The summed E-state index contributed by atoms with van der Waals surface area (Å²) in [6.07, 6.45) is 1.22. The van der Waals surface area contributed by atoms with Gasteiger partial charge in [-0.1, -0.05) is 11.8 Å². The van der Waals surface area contributed by atoms with E-state index in [0.717, 1.165) is 6.42 Å². The first-order valence-corrected chi connectivity index (χ1v) is 5.20. The third-order valence-corrected chi connectivity index (χ3v) is 2.49. The van der Waals surface area contributed by atoms with Gasteiger partial charge in [0.25, 0.3) is 0 Å². The minimum absolute atomic E-state index is 0.242. The number of aromatic nitrogens is 4. The Kier molecular flexibility index (Phi) is 4.56. The molecule has 0 aliphatic carbocycles. The molecule has 1 aromatic heterocycles. The number of aliphatic carboxylic acids is 1. The van der Waals surface area contributed by atoms with Crippen molar-refractivity contribution in [2.24, 2.45) is 0 Å². The summed E-state index contributed by atoms with van der Waals surface area (Å²) < 4.78 is 1.22. The maximum Gasteiger partial charge on any atom is 0.325 e. The van der Waals surface area contributed by atoms with Crippen LogP contribution < -0.4 is 0 Å². The Morgan fingerprint density at radius 3 is 3.13 bits per heavy atom. The molecule has 1 heterocycles. The quantitative estimate of drug-likeness (QED) is 0.544. The van der Waals surface area contributed by atoms with E-state index in [-0.39, 0.29) is 6.54 Å². The predicted molar refractivity (Wildman–Crippen MR) is 51.0 cm³/mol. The first kappa shape index (κ1) is 11.5. The van der Waals surface area contributed by atoms with Gasteiger partial charge in [0.15, 0.2) is 0 Å². The van der Waals surface area contributed by atoms with E-state index in [1.807, 2.05) is 6.07 Å². The van der Waals surface area contributed by atoms with Crippen molar-refractivity contribution in [1.82, 2.24) is 20.2 Å². The third kappa shape index (κ3) is 3.95. The highest BCUT2D eigenvalue weighted by atomic mass is 32.2. The number of nitriles is 1. The van der Waals surface area contributed by atoms with Crippen LogP contribution in [-0.4, -0.2) is 37.0 Å². The van der Waals surface area contributed by atoms with Crippen molar-refractivity contribution >= 4 is 17.7 Å². The minimum Gasteiger partial charge on any atom is -0.480 e. The van der Waals surface area contributed by atoms with Crippen molar-refractivity contribution in [1.29, 1.82) is 5.26 Å². The zero-order chi connectivity index (χ0) is 11.1. The monoisotopic (exact) mass is 227 g/mol. The van der Waals surface area contributed by atoms with Crippen LogP contribution in [0.4, 0.5) is 0 Å². The van der Waals surface area contributed by atoms with E-state index in [9.17, 15) is 4.79 Å². The van der Waals surface area contributed by atoms with E-state index in [2.05, 4.69) is 15.5 Å². The second-order valence-corrected chi connectivity index (χ2v) is 3.69. The van der Waals surface area contributed by atoms with Crippen molar-refractivity contribution in [2.45, 2.75) is 24.5 Å². The van der Waals surface area contributed by atoms with Crippen LogP contribution in [0.3, 0.4) is 0 Å². The SMILES string of the molecule is N#CCCCSc1nnnn1CC(=O)O. The molecule has 0 radical (unpaired) electrons. The Bertz CT molecular complexity index is 372. The summed E-state index contributed by atoms with van der Waals surface area (Å²) in [5, 5.41) is 28.0. The zero-order valence-electron chi connectivity index (χ0n) is 7.83. The smallest absolute Gasteiger partial charge is 0.325 e. The van der Waals surface area contributed by atoms with Crippen molar-refractivity contribution in [3.63, 3.8) is 0 Å². The highest BCUT2D eigenvalue weighted by Crippen LogP contribution is 2.14. The summed E-state index contributed by atoms with van der Waals surface area (Å²) in [6, 6.07) is 2.03. The Morgan fingerprint density at radius 2 is 2.47 bits per heavy atom. The number of thioether (sulfide) groups is 1. The first-order valence-electron chi connectivity index (χ1n) is 4.21. The van der Waals surface area contributed by atoms with Gasteiger partial charge in [-0.25, -0.2) is 4.68 Å². The largest absolute Gasteiger partial charge is 0.480 e. The molecular weight excluding hydrogens is 218 g/mol. The lowest BCUT2D eigenvalue weighted by molar-refractivity contribution is -0.138. The Labute approximate surface area is 90.1 Å². The summed E-state index contributed by atoms with van der Waals surface area (Å²) in [7, 11) is 0. The number of hydrogen-bond acceptors (Lipinski definition) is 6. The Morgan fingerprint density at radius 1 is 1.67 bits per heavy atom. The molecule has 0 aliphatic rings. The fourth-order valence-corrected chi connectivity index (χ4v) is 1.66. The molecule has 1 aromatic rings. The highest BCUT2D eigenvalue weighted by molar-refractivity contribution is 7.99. The topological polar surface area (TPSA) is 105 Å². The fourth-order valence-electron chi connectivity index (χ4n) is 0.842. The lowest BCUT2D eigenvalue weighted by atomic mass is 10.4.